The fourth-order valence-electron chi connectivity index (χ4n) is 3.09. The van der Waals surface area contributed by atoms with Crippen molar-refractivity contribution in [3.8, 4) is 0 Å². The maximum Gasteiger partial charge on any atom is 0.524 e. The standard InChI is InChI=1S/C13H26N2O4Si/c1-17-20(18-2,19-3)12-8-11-15(12)13(16)14-9-6-4-5-7-10-14/h12H,4-11H2,1-3H3. The van der Waals surface area contributed by atoms with E-state index in [1.807, 2.05) is 9.80 Å². The molecule has 0 spiro atoms. The first kappa shape index (κ1) is 15.8. The van der Waals surface area contributed by atoms with E-state index in [2.05, 4.69) is 0 Å². The minimum atomic E-state index is -2.76. The van der Waals surface area contributed by atoms with Crippen molar-refractivity contribution >= 4 is 14.8 Å². The second-order valence-electron chi connectivity index (χ2n) is 5.40. The van der Waals surface area contributed by atoms with Gasteiger partial charge in [0, 0.05) is 41.0 Å². The largest absolute Gasteiger partial charge is 0.524 e. The highest BCUT2D eigenvalue weighted by molar-refractivity contribution is 6.62. The molecule has 7 heteroatoms. The Morgan fingerprint density at radius 1 is 0.950 bits per heavy atom. The van der Waals surface area contributed by atoms with Crippen molar-refractivity contribution in [2.24, 2.45) is 0 Å². The molecule has 2 amide bonds. The summed E-state index contributed by atoms with van der Waals surface area (Å²) >= 11 is 0. The van der Waals surface area contributed by atoms with Crippen LogP contribution in [0.2, 0.25) is 0 Å². The lowest BCUT2D eigenvalue weighted by Gasteiger charge is -2.48. The Morgan fingerprint density at radius 2 is 1.50 bits per heavy atom. The molecule has 0 aromatic carbocycles. The van der Waals surface area contributed by atoms with Gasteiger partial charge >= 0.3 is 14.8 Å². The zero-order chi connectivity index (χ0) is 14.6. The lowest BCUT2D eigenvalue weighted by Crippen LogP contribution is -2.70. The van der Waals surface area contributed by atoms with Crippen LogP contribution in [0.4, 0.5) is 4.79 Å². The molecule has 2 aliphatic heterocycles. The normalized spacial score (nSPS) is 24.2. The predicted octanol–water partition coefficient (Wildman–Crippen LogP) is 1.47. The second kappa shape index (κ2) is 6.88. The quantitative estimate of drug-likeness (QED) is 0.738. The molecule has 20 heavy (non-hydrogen) atoms. The van der Waals surface area contributed by atoms with Gasteiger partial charge in [-0.2, -0.15) is 0 Å². The molecule has 0 aliphatic carbocycles. The number of urea groups is 1. The van der Waals surface area contributed by atoms with Crippen LogP contribution in [0, 0.1) is 0 Å². The first-order chi connectivity index (χ1) is 9.68. The van der Waals surface area contributed by atoms with Crippen molar-refractivity contribution in [3.05, 3.63) is 0 Å². The van der Waals surface area contributed by atoms with E-state index in [1.165, 1.54) is 12.8 Å². The van der Waals surface area contributed by atoms with Gasteiger partial charge in [0.1, 0.15) is 5.67 Å². The molecule has 116 valence electrons. The third kappa shape index (κ3) is 2.85. The molecule has 2 fully saturated rings. The number of carbonyl (C=O) groups excluding carboxylic acids is 1. The van der Waals surface area contributed by atoms with Gasteiger partial charge in [0.25, 0.3) is 0 Å². The average Bonchev–Trinajstić information content (AvgIpc) is 2.72. The van der Waals surface area contributed by atoms with E-state index in [9.17, 15) is 4.79 Å². The SMILES string of the molecule is CO[Si](OC)(OC)C1CCN1C(=O)N1CCCCCC1. The number of likely N-dealkylation sites (tertiary alicyclic amines) is 2. The van der Waals surface area contributed by atoms with E-state index in [0.29, 0.717) is 0 Å². The van der Waals surface area contributed by atoms with Gasteiger partial charge in [-0.25, -0.2) is 4.79 Å². The molecule has 0 N–H and O–H groups in total. The number of hydrogen-bond donors (Lipinski definition) is 0. The monoisotopic (exact) mass is 302 g/mol. The summed E-state index contributed by atoms with van der Waals surface area (Å²) in [7, 11) is 2.05. The van der Waals surface area contributed by atoms with E-state index >= 15 is 0 Å². The average molecular weight is 302 g/mol. The maximum atomic E-state index is 12.6. The van der Waals surface area contributed by atoms with Crippen molar-refractivity contribution in [3.63, 3.8) is 0 Å². The zero-order valence-electron chi connectivity index (χ0n) is 12.8. The molecular formula is C13H26N2O4Si. The van der Waals surface area contributed by atoms with Gasteiger partial charge in [0.2, 0.25) is 0 Å². The minimum Gasteiger partial charge on any atom is -0.376 e. The second-order valence-corrected chi connectivity index (χ2v) is 8.50. The lowest BCUT2D eigenvalue weighted by molar-refractivity contribution is 0.0394. The molecule has 2 rings (SSSR count). The summed E-state index contributed by atoms with van der Waals surface area (Å²) in [6.07, 6.45) is 5.54. The highest BCUT2D eigenvalue weighted by atomic mass is 28.4. The van der Waals surface area contributed by atoms with E-state index in [1.54, 1.807) is 21.3 Å². The van der Waals surface area contributed by atoms with E-state index in [4.69, 9.17) is 13.3 Å². The Bertz CT molecular complexity index is 322. The van der Waals surface area contributed by atoms with E-state index in [-0.39, 0.29) is 11.7 Å². The van der Waals surface area contributed by atoms with Gasteiger partial charge < -0.3 is 23.1 Å². The smallest absolute Gasteiger partial charge is 0.376 e. The molecular weight excluding hydrogens is 276 g/mol. The number of amides is 2. The summed E-state index contributed by atoms with van der Waals surface area (Å²) in [4.78, 5) is 16.5. The van der Waals surface area contributed by atoms with Crippen LogP contribution in [0.5, 0.6) is 0 Å². The molecule has 1 atom stereocenters. The van der Waals surface area contributed by atoms with Crippen molar-refractivity contribution in [2.75, 3.05) is 41.0 Å². The Balaban J connectivity index is 2.03. The van der Waals surface area contributed by atoms with Crippen LogP contribution >= 0.6 is 0 Å². The Kier molecular flexibility index (Phi) is 5.42. The molecule has 0 radical (unpaired) electrons. The zero-order valence-corrected chi connectivity index (χ0v) is 13.8. The van der Waals surface area contributed by atoms with Crippen LogP contribution in [-0.4, -0.2) is 71.3 Å². The molecule has 0 bridgehead atoms. The first-order valence-corrected chi connectivity index (χ1v) is 9.19. The molecule has 2 aliphatic rings. The highest BCUT2D eigenvalue weighted by Gasteiger charge is 2.56. The predicted molar refractivity (Wildman–Crippen MR) is 77.3 cm³/mol. The third-order valence-electron chi connectivity index (χ3n) is 4.40. The van der Waals surface area contributed by atoms with Crippen LogP contribution < -0.4 is 0 Å². The molecule has 0 saturated carbocycles. The van der Waals surface area contributed by atoms with Gasteiger partial charge in [-0.3, -0.25) is 0 Å². The van der Waals surface area contributed by atoms with Crippen LogP contribution in [0.1, 0.15) is 32.1 Å². The number of carbonyl (C=O) groups is 1. The van der Waals surface area contributed by atoms with Crippen LogP contribution in [0.25, 0.3) is 0 Å². The first-order valence-electron chi connectivity index (χ1n) is 7.39. The van der Waals surface area contributed by atoms with Gasteiger partial charge in [-0.1, -0.05) is 12.8 Å². The van der Waals surface area contributed by atoms with Gasteiger partial charge in [0.05, 0.1) is 0 Å². The summed E-state index contributed by atoms with van der Waals surface area (Å²) in [6, 6.07) is 0.117. The topological polar surface area (TPSA) is 51.2 Å². The number of hydrogen-bond acceptors (Lipinski definition) is 4. The fourth-order valence-corrected chi connectivity index (χ4v) is 5.51. The van der Waals surface area contributed by atoms with E-state index < -0.39 is 8.80 Å². The van der Waals surface area contributed by atoms with Crippen LogP contribution in [0.15, 0.2) is 0 Å². The number of rotatable bonds is 4. The minimum absolute atomic E-state index is 0.0433. The molecule has 0 aromatic rings. The van der Waals surface area contributed by atoms with Crippen LogP contribution in [-0.2, 0) is 13.3 Å². The van der Waals surface area contributed by atoms with E-state index in [0.717, 1.165) is 38.9 Å². The fraction of sp³-hybridized carbons (Fsp3) is 0.923. The van der Waals surface area contributed by atoms with Crippen molar-refractivity contribution in [1.82, 2.24) is 9.80 Å². The van der Waals surface area contributed by atoms with Crippen LogP contribution in [0.3, 0.4) is 0 Å². The molecule has 2 saturated heterocycles. The highest BCUT2D eigenvalue weighted by Crippen LogP contribution is 2.29. The summed E-state index contributed by atoms with van der Waals surface area (Å²) in [6.45, 7) is 2.50. The Labute approximate surface area is 122 Å². The molecule has 6 nitrogen and oxygen atoms in total. The summed E-state index contributed by atoms with van der Waals surface area (Å²) in [5.41, 5.74) is -0.0433. The Hall–Kier alpha value is -0.633. The van der Waals surface area contributed by atoms with Crippen molar-refractivity contribution in [2.45, 2.75) is 37.8 Å². The van der Waals surface area contributed by atoms with Crippen molar-refractivity contribution < 1.29 is 18.1 Å². The lowest BCUT2D eigenvalue weighted by atomic mass is 10.2. The van der Waals surface area contributed by atoms with Gasteiger partial charge in [0.15, 0.2) is 0 Å². The molecule has 0 aromatic heterocycles. The summed E-state index contributed by atoms with van der Waals surface area (Å²) < 4.78 is 16.5. The molecule has 2 heterocycles. The van der Waals surface area contributed by atoms with Crippen molar-refractivity contribution in [1.29, 1.82) is 0 Å². The number of nitrogens with zero attached hydrogens (tertiary/aromatic N) is 2. The van der Waals surface area contributed by atoms with Gasteiger partial charge in [-0.05, 0) is 19.3 Å². The maximum absolute atomic E-state index is 12.6. The summed E-state index contributed by atoms with van der Waals surface area (Å²) in [5, 5.41) is 0. The third-order valence-corrected chi connectivity index (χ3v) is 7.53. The Morgan fingerprint density at radius 3 is 1.90 bits per heavy atom. The molecule has 1 unspecified atom stereocenters. The summed E-state index contributed by atoms with van der Waals surface area (Å²) in [5.74, 6) is 0. The van der Waals surface area contributed by atoms with Gasteiger partial charge in [-0.15, -0.1) is 0 Å².